The lowest BCUT2D eigenvalue weighted by Crippen LogP contribution is -2.40. The van der Waals surface area contributed by atoms with Crippen LogP contribution in [0.2, 0.25) is 0 Å². The van der Waals surface area contributed by atoms with Crippen molar-refractivity contribution in [3.63, 3.8) is 0 Å². The highest BCUT2D eigenvalue weighted by Gasteiger charge is 2.20. The lowest BCUT2D eigenvalue weighted by molar-refractivity contribution is 0.285. The van der Waals surface area contributed by atoms with Crippen LogP contribution in [0.3, 0.4) is 0 Å². The number of piperidine rings is 1. The SMILES string of the molecule is CCS(=O)(=O)CCCC1NCCCC1C. The van der Waals surface area contributed by atoms with Crippen LogP contribution in [0.25, 0.3) is 0 Å². The number of sulfone groups is 1. The van der Waals surface area contributed by atoms with Crippen LogP contribution in [0.4, 0.5) is 0 Å². The van der Waals surface area contributed by atoms with E-state index in [1.54, 1.807) is 6.92 Å². The van der Waals surface area contributed by atoms with Crippen LogP contribution >= 0.6 is 0 Å². The summed E-state index contributed by atoms with van der Waals surface area (Å²) in [7, 11) is -2.77. The highest BCUT2D eigenvalue weighted by atomic mass is 32.2. The molecule has 0 saturated carbocycles. The largest absolute Gasteiger partial charge is 0.314 e. The monoisotopic (exact) mass is 233 g/mol. The molecule has 3 nitrogen and oxygen atoms in total. The first kappa shape index (κ1) is 13.0. The minimum atomic E-state index is -2.77. The Balaban J connectivity index is 2.25. The fourth-order valence-corrected chi connectivity index (χ4v) is 3.06. The number of rotatable bonds is 5. The third-order valence-electron chi connectivity index (χ3n) is 3.34. The molecular formula is C11H23NO2S. The van der Waals surface area contributed by atoms with Gasteiger partial charge in [-0.1, -0.05) is 13.8 Å². The zero-order valence-corrected chi connectivity index (χ0v) is 10.6. The van der Waals surface area contributed by atoms with E-state index in [1.165, 1.54) is 12.8 Å². The number of hydrogen-bond donors (Lipinski definition) is 1. The topological polar surface area (TPSA) is 46.2 Å². The van der Waals surface area contributed by atoms with Gasteiger partial charge in [-0.25, -0.2) is 8.42 Å². The molecular weight excluding hydrogens is 210 g/mol. The van der Waals surface area contributed by atoms with Crippen LogP contribution in [0.15, 0.2) is 0 Å². The molecule has 1 fully saturated rings. The van der Waals surface area contributed by atoms with Gasteiger partial charge in [-0.05, 0) is 38.1 Å². The highest BCUT2D eigenvalue weighted by Crippen LogP contribution is 2.19. The Morgan fingerprint density at radius 2 is 2.13 bits per heavy atom. The zero-order chi connectivity index (χ0) is 11.3. The van der Waals surface area contributed by atoms with E-state index in [1.807, 2.05) is 0 Å². The zero-order valence-electron chi connectivity index (χ0n) is 9.83. The van der Waals surface area contributed by atoms with Crippen LogP contribution in [-0.2, 0) is 9.84 Å². The first-order valence-electron chi connectivity index (χ1n) is 5.99. The third-order valence-corrected chi connectivity index (χ3v) is 5.13. The molecule has 2 atom stereocenters. The fourth-order valence-electron chi connectivity index (χ4n) is 2.17. The lowest BCUT2D eigenvalue weighted by atomic mass is 9.90. The minimum Gasteiger partial charge on any atom is -0.314 e. The maximum absolute atomic E-state index is 11.3. The van der Waals surface area contributed by atoms with Gasteiger partial charge in [-0.2, -0.15) is 0 Å². The van der Waals surface area contributed by atoms with Crippen molar-refractivity contribution < 1.29 is 8.42 Å². The maximum atomic E-state index is 11.3. The van der Waals surface area contributed by atoms with Crippen LogP contribution in [0.5, 0.6) is 0 Å². The summed E-state index contributed by atoms with van der Waals surface area (Å²) < 4.78 is 22.6. The van der Waals surface area contributed by atoms with E-state index in [0.29, 0.717) is 17.7 Å². The summed E-state index contributed by atoms with van der Waals surface area (Å²) >= 11 is 0. The van der Waals surface area contributed by atoms with Gasteiger partial charge in [0, 0.05) is 11.8 Å². The molecule has 15 heavy (non-hydrogen) atoms. The van der Waals surface area contributed by atoms with Gasteiger partial charge in [0.15, 0.2) is 0 Å². The van der Waals surface area contributed by atoms with Crippen molar-refractivity contribution in [2.24, 2.45) is 5.92 Å². The molecule has 0 radical (unpaired) electrons. The van der Waals surface area contributed by atoms with Crippen molar-refractivity contribution in [1.82, 2.24) is 5.32 Å². The summed E-state index contributed by atoms with van der Waals surface area (Å²) in [6.07, 6.45) is 4.34. The molecule has 0 bridgehead atoms. The maximum Gasteiger partial charge on any atom is 0.150 e. The molecule has 0 aromatic rings. The molecule has 4 heteroatoms. The van der Waals surface area contributed by atoms with Crippen molar-refractivity contribution in [2.75, 3.05) is 18.1 Å². The number of nitrogens with one attached hydrogen (secondary N) is 1. The van der Waals surface area contributed by atoms with Crippen molar-refractivity contribution in [3.05, 3.63) is 0 Å². The lowest BCUT2D eigenvalue weighted by Gasteiger charge is -2.30. The molecule has 2 unspecified atom stereocenters. The van der Waals surface area contributed by atoms with Crippen LogP contribution in [0.1, 0.15) is 39.5 Å². The predicted molar refractivity (Wildman–Crippen MR) is 63.8 cm³/mol. The van der Waals surface area contributed by atoms with E-state index >= 15 is 0 Å². The van der Waals surface area contributed by atoms with Gasteiger partial charge in [0.1, 0.15) is 9.84 Å². The van der Waals surface area contributed by atoms with Crippen molar-refractivity contribution in [1.29, 1.82) is 0 Å². The average Bonchev–Trinajstić information content (AvgIpc) is 2.21. The summed E-state index contributed by atoms with van der Waals surface area (Å²) in [5, 5.41) is 3.48. The van der Waals surface area contributed by atoms with E-state index in [4.69, 9.17) is 0 Å². The van der Waals surface area contributed by atoms with E-state index in [2.05, 4.69) is 12.2 Å². The molecule has 0 aliphatic carbocycles. The van der Waals surface area contributed by atoms with E-state index in [-0.39, 0.29) is 5.75 Å². The molecule has 1 N–H and O–H groups in total. The predicted octanol–water partition coefficient (Wildman–Crippen LogP) is 1.59. The first-order chi connectivity index (χ1) is 7.05. The molecule has 0 aromatic carbocycles. The Morgan fingerprint density at radius 1 is 1.40 bits per heavy atom. The van der Waals surface area contributed by atoms with E-state index < -0.39 is 9.84 Å². The summed E-state index contributed by atoms with van der Waals surface area (Å²) in [6, 6.07) is 0.533. The molecule has 0 amide bonds. The van der Waals surface area contributed by atoms with Gasteiger partial charge in [0.2, 0.25) is 0 Å². The van der Waals surface area contributed by atoms with Gasteiger partial charge in [0.05, 0.1) is 5.75 Å². The highest BCUT2D eigenvalue weighted by molar-refractivity contribution is 7.91. The Morgan fingerprint density at radius 3 is 2.73 bits per heavy atom. The molecule has 90 valence electrons. The third kappa shape index (κ3) is 4.51. The molecule has 1 saturated heterocycles. The Hall–Kier alpha value is -0.0900. The Bertz CT molecular complexity index is 274. The van der Waals surface area contributed by atoms with Crippen molar-refractivity contribution >= 4 is 9.84 Å². The quantitative estimate of drug-likeness (QED) is 0.784. The standard InChI is InChI=1S/C11H23NO2S/c1-3-15(13,14)9-5-7-11-10(2)6-4-8-12-11/h10-12H,3-9H2,1-2H3. The summed E-state index contributed by atoms with van der Waals surface area (Å²) in [6.45, 7) is 5.07. The Kier molecular flexibility index (Phi) is 5.06. The van der Waals surface area contributed by atoms with E-state index in [0.717, 1.165) is 19.4 Å². The summed E-state index contributed by atoms with van der Waals surface area (Å²) in [4.78, 5) is 0. The average molecular weight is 233 g/mol. The second kappa shape index (κ2) is 5.85. The van der Waals surface area contributed by atoms with Gasteiger partial charge in [0.25, 0.3) is 0 Å². The molecule has 1 rings (SSSR count). The summed E-state index contributed by atoms with van der Waals surface area (Å²) in [5.74, 6) is 1.33. The second-order valence-electron chi connectivity index (χ2n) is 4.56. The smallest absolute Gasteiger partial charge is 0.150 e. The van der Waals surface area contributed by atoms with Gasteiger partial charge < -0.3 is 5.32 Å². The molecule has 0 aromatic heterocycles. The molecule has 1 aliphatic heterocycles. The van der Waals surface area contributed by atoms with E-state index in [9.17, 15) is 8.42 Å². The number of hydrogen-bond acceptors (Lipinski definition) is 3. The van der Waals surface area contributed by atoms with Crippen LogP contribution < -0.4 is 5.32 Å². The normalized spacial score (nSPS) is 27.9. The van der Waals surface area contributed by atoms with Gasteiger partial charge in [-0.15, -0.1) is 0 Å². The molecule has 1 heterocycles. The second-order valence-corrected chi connectivity index (χ2v) is 7.03. The summed E-state index contributed by atoms with van der Waals surface area (Å²) in [5.41, 5.74) is 0. The fraction of sp³-hybridized carbons (Fsp3) is 1.00. The van der Waals surface area contributed by atoms with Gasteiger partial charge >= 0.3 is 0 Å². The van der Waals surface area contributed by atoms with Gasteiger partial charge in [-0.3, -0.25) is 0 Å². The molecule has 0 spiro atoms. The first-order valence-corrected chi connectivity index (χ1v) is 7.81. The van der Waals surface area contributed by atoms with Crippen molar-refractivity contribution in [3.8, 4) is 0 Å². The minimum absolute atomic E-state index is 0.278. The van der Waals surface area contributed by atoms with Crippen molar-refractivity contribution in [2.45, 2.75) is 45.6 Å². The Labute approximate surface area is 93.6 Å². The van der Waals surface area contributed by atoms with Crippen LogP contribution in [0, 0.1) is 5.92 Å². The molecule has 1 aliphatic rings. The van der Waals surface area contributed by atoms with Crippen LogP contribution in [-0.4, -0.2) is 32.5 Å².